The lowest BCUT2D eigenvalue weighted by molar-refractivity contribution is -0.00538. The molecule has 2 atom stereocenters. The van der Waals surface area contributed by atoms with Gasteiger partial charge in [0.25, 0.3) is 0 Å². The maximum Gasteiger partial charge on any atom is 0.206 e. The molecule has 24 heavy (non-hydrogen) atoms. The first-order chi connectivity index (χ1) is 11.5. The minimum Gasteiger partial charge on any atom is -0.372 e. The molecule has 0 amide bonds. The zero-order chi connectivity index (χ0) is 16.8. The number of halogens is 2. The maximum absolute atomic E-state index is 15.0. The fourth-order valence-electron chi connectivity index (χ4n) is 3.15. The number of hydrogen-bond donors (Lipinski definition) is 0. The van der Waals surface area contributed by atoms with Crippen molar-refractivity contribution >= 4 is 39.2 Å². The lowest BCUT2D eigenvalue weighted by atomic mass is 10.1. The summed E-state index contributed by atoms with van der Waals surface area (Å²) >= 11 is 2.16. The van der Waals surface area contributed by atoms with Gasteiger partial charge in [-0.1, -0.05) is 5.16 Å². The SMILES string of the molecule is C[C@@H]1CN(c2ccc3c(-n4cc(I)cn4)noc3c2F)C[C@H](C)O1. The highest BCUT2D eigenvalue weighted by Gasteiger charge is 2.26. The zero-order valence-electron chi connectivity index (χ0n) is 13.2. The third-order valence-electron chi connectivity index (χ3n) is 4.07. The predicted octanol–water partition coefficient (Wildman–Crippen LogP) is 3.37. The molecule has 1 aromatic carbocycles. The molecular formula is C16H16FIN4O2. The van der Waals surface area contributed by atoms with Crippen molar-refractivity contribution in [2.75, 3.05) is 18.0 Å². The van der Waals surface area contributed by atoms with Gasteiger partial charge in [0.1, 0.15) is 0 Å². The molecule has 0 spiro atoms. The maximum atomic E-state index is 15.0. The molecule has 0 unspecified atom stereocenters. The Bertz CT molecular complexity index is 883. The van der Waals surface area contributed by atoms with Crippen LogP contribution in [-0.2, 0) is 4.74 Å². The monoisotopic (exact) mass is 442 g/mol. The van der Waals surface area contributed by atoms with E-state index in [1.54, 1.807) is 16.9 Å². The van der Waals surface area contributed by atoms with E-state index in [-0.39, 0.29) is 17.8 Å². The largest absolute Gasteiger partial charge is 0.372 e. The van der Waals surface area contributed by atoms with Crippen molar-refractivity contribution in [1.29, 1.82) is 0 Å². The molecule has 1 saturated heterocycles. The second kappa shape index (κ2) is 5.99. The van der Waals surface area contributed by atoms with Crippen molar-refractivity contribution in [3.63, 3.8) is 0 Å². The van der Waals surface area contributed by atoms with E-state index in [1.165, 1.54) is 0 Å². The first kappa shape index (κ1) is 15.8. The third-order valence-corrected chi connectivity index (χ3v) is 4.63. The Morgan fingerprint density at radius 2 is 2.00 bits per heavy atom. The molecular weight excluding hydrogens is 426 g/mol. The summed E-state index contributed by atoms with van der Waals surface area (Å²) in [4.78, 5) is 1.99. The van der Waals surface area contributed by atoms with Crippen LogP contribution < -0.4 is 4.90 Å². The summed E-state index contributed by atoms with van der Waals surface area (Å²) in [5.74, 6) is 0.0940. The minimum atomic E-state index is -0.394. The van der Waals surface area contributed by atoms with Gasteiger partial charge in [0.15, 0.2) is 5.82 Å². The second-order valence-electron chi connectivity index (χ2n) is 6.05. The smallest absolute Gasteiger partial charge is 0.206 e. The summed E-state index contributed by atoms with van der Waals surface area (Å²) in [6.45, 7) is 5.27. The summed E-state index contributed by atoms with van der Waals surface area (Å²) in [6, 6.07) is 3.61. The van der Waals surface area contributed by atoms with E-state index in [1.807, 2.05) is 31.0 Å². The van der Waals surface area contributed by atoms with Gasteiger partial charge in [-0.3, -0.25) is 0 Å². The molecule has 6 nitrogen and oxygen atoms in total. The highest BCUT2D eigenvalue weighted by atomic mass is 127. The van der Waals surface area contributed by atoms with E-state index in [4.69, 9.17) is 9.26 Å². The number of anilines is 1. The second-order valence-corrected chi connectivity index (χ2v) is 7.29. The van der Waals surface area contributed by atoms with E-state index in [0.717, 1.165) is 3.57 Å². The molecule has 4 rings (SSSR count). The van der Waals surface area contributed by atoms with Gasteiger partial charge in [-0.2, -0.15) is 5.10 Å². The van der Waals surface area contributed by atoms with Crippen LogP contribution in [-0.4, -0.2) is 40.2 Å². The van der Waals surface area contributed by atoms with Crippen molar-refractivity contribution in [3.8, 4) is 5.82 Å². The lowest BCUT2D eigenvalue weighted by Crippen LogP contribution is -2.45. The van der Waals surface area contributed by atoms with E-state index in [0.29, 0.717) is 30.0 Å². The van der Waals surface area contributed by atoms with Gasteiger partial charge >= 0.3 is 0 Å². The number of rotatable bonds is 2. The van der Waals surface area contributed by atoms with Crippen LogP contribution in [0, 0.1) is 9.39 Å². The Balaban J connectivity index is 1.76. The quantitative estimate of drug-likeness (QED) is 0.570. The number of morpholine rings is 1. The van der Waals surface area contributed by atoms with Gasteiger partial charge in [0.05, 0.1) is 33.0 Å². The van der Waals surface area contributed by atoms with Crippen molar-refractivity contribution in [1.82, 2.24) is 14.9 Å². The molecule has 1 fully saturated rings. The fraction of sp³-hybridized carbons (Fsp3) is 0.375. The molecule has 126 valence electrons. The van der Waals surface area contributed by atoms with Gasteiger partial charge in [0, 0.05) is 19.3 Å². The average Bonchev–Trinajstić information content (AvgIpc) is 3.13. The average molecular weight is 442 g/mol. The van der Waals surface area contributed by atoms with Crippen LogP contribution in [0.3, 0.4) is 0 Å². The highest BCUT2D eigenvalue weighted by Crippen LogP contribution is 2.32. The molecule has 0 radical (unpaired) electrons. The van der Waals surface area contributed by atoms with Crippen LogP contribution in [0.2, 0.25) is 0 Å². The molecule has 3 heterocycles. The van der Waals surface area contributed by atoms with Crippen LogP contribution in [0.5, 0.6) is 0 Å². The molecule has 0 aliphatic carbocycles. The normalized spacial score (nSPS) is 21.6. The summed E-state index contributed by atoms with van der Waals surface area (Å²) in [5, 5.41) is 8.80. The van der Waals surface area contributed by atoms with Crippen molar-refractivity contribution in [2.45, 2.75) is 26.1 Å². The molecule has 0 saturated carbocycles. The van der Waals surface area contributed by atoms with Crippen LogP contribution in [0.25, 0.3) is 16.8 Å². The Morgan fingerprint density at radius 3 is 2.67 bits per heavy atom. The topological polar surface area (TPSA) is 56.3 Å². The van der Waals surface area contributed by atoms with Crippen molar-refractivity contribution in [2.24, 2.45) is 0 Å². The summed E-state index contributed by atoms with van der Waals surface area (Å²) in [7, 11) is 0. The molecule has 8 heteroatoms. The molecule has 1 aliphatic rings. The first-order valence-electron chi connectivity index (χ1n) is 7.71. The summed E-state index contributed by atoms with van der Waals surface area (Å²) in [5.41, 5.74) is 0.669. The van der Waals surface area contributed by atoms with E-state index in [2.05, 4.69) is 32.8 Å². The van der Waals surface area contributed by atoms with Gasteiger partial charge in [-0.25, -0.2) is 9.07 Å². The Labute approximate surface area is 151 Å². The molecule has 0 bridgehead atoms. The van der Waals surface area contributed by atoms with Gasteiger partial charge in [-0.15, -0.1) is 0 Å². The third kappa shape index (κ3) is 2.67. The molecule has 2 aromatic heterocycles. The number of fused-ring (bicyclic) bond motifs is 1. The lowest BCUT2D eigenvalue weighted by Gasteiger charge is -2.36. The predicted molar refractivity (Wildman–Crippen MR) is 96.0 cm³/mol. The van der Waals surface area contributed by atoms with Gasteiger partial charge in [0.2, 0.25) is 11.4 Å². The van der Waals surface area contributed by atoms with Crippen LogP contribution in [0.1, 0.15) is 13.8 Å². The number of benzene rings is 1. The van der Waals surface area contributed by atoms with Crippen LogP contribution in [0.4, 0.5) is 10.1 Å². The number of ether oxygens (including phenoxy) is 1. The summed E-state index contributed by atoms with van der Waals surface area (Å²) < 4.78 is 28.6. The van der Waals surface area contributed by atoms with Crippen LogP contribution in [0.15, 0.2) is 29.0 Å². The zero-order valence-corrected chi connectivity index (χ0v) is 15.4. The molecule has 0 N–H and O–H groups in total. The van der Waals surface area contributed by atoms with E-state index in [9.17, 15) is 4.39 Å². The Morgan fingerprint density at radius 1 is 1.25 bits per heavy atom. The van der Waals surface area contributed by atoms with Gasteiger partial charge < -0.3 is 14.2 Å². The standard InChI is InChI=1S/C16H16FIN4O2/c1-9-6-21(7-10(2)23-9)13-4-3-12-15(14(13)17)24-20-16(12)22-8-11(18)5-19-22/h3-5,8-10H,6-7H2,1-2H3/t9-,10+. The number of nitrogens with zero attached hydrogens (tertiary/aromatic N) is 4. The molecule has 3 aromatic rings. The van der Waals surface area contributed by atoms with Crippen molar-refractivity contribution < 1.29 is 13.7 Å². The van der Waals surface area contributed by atoms with Gasteiger partial charge in [-0.05, 0) is 48.6 Å². The Kier molecular flexibility index (Phi) is 3.95. The highest BCUT2D eigenvalue weighted by molar-refractivity contribution is 14.1. The summed E-state index contributed by atoms with van der Waals surface area (Å²) in [6.07, 6.45) is 3.64. The first-order valence-corrected chi connectivity index (χ1v) is 8.79. The minimum absolute atomic E-state index is 0.0558. The van der Waals surface area contributed by atoms with E-state index >= 15 is 0 Å². The van der Waals surface area contributed by atoms with Crippen molar-refractivity contribution in [3.05, 3.63) is 33.9 Å². The fourth-order valence-corrected chi connectivity index (χ4v) is 3.54. The number of aromatic nitrogens is 3. The number of hydrogen-bond acceptors (Lipinski definition) is 5. The van der Waals surface area contributed by atoms with Crippen LogP contribution >= 0.6 is 22.6 Å². The Hall–Kier alpha value is -1.68. The van der Waals surface area contributed by atoms with E-state index < -0.39 is 5.82 Å². The molecule has 1 aliphatic heterocycles.